The van der Waals surface area contributed by atoms with Gasteiger partial charge in [-0.05, 0) is 84.0 Å². The Morgan fingerprint density at radius 3 is 1.82 bits per heavy atom. The molecule has 0 unspecified atom stereocenters. The molecule has 0 heterocycles. The second-order valence-corrected chi connectivity index (χ2v) is 8.76. The van der Waals surface area contributed by atoms with E-state index in [1.54, 1.807) is 0 Å². The van der Waals surface area contributed by atoms with Crippen molar-refractivity contribution < 1.29 is 31.1 Å². The molecule has 1 saturated carbocycles. The van der Waals surface area contributed by atoms with Gasteiger partial charge in [0, 0.05) is 0 Å². The molecule has 0 bridgehead atoms. The van der Waals surface area contributed by atoms with E-state index in [1.807, 2.05) is 24.3 Å². The Balaban J connectivity index is 1.56. The molecule has 1 aliphatic carbocycles. The normalized spacial score (nSPS) is 18.7. The van der Waals surface area contributed by atoms with Crippen LogP contribution in [0.1, 0.15) is 50.5 Å². The summed E-state index contributed by atoms with van der Waals surface area (Å²) in [6, 6.07) is 12.2. The Morgan fingerprint density at radius 1 is 0.735 bits per heavy atom. The molecular formula is C27H24F6O. The second kappa shape index (κ2) is 9.72. The van der Waals surface area contributed by atoms with Gasteiger partial charge in [-0.15, -0.1) is 13.2 Å². The summed E-state index contributed by atoms with van der Waals surface area (Å²) in [5, 5.41) is 0. The average molecular weight is 478 g/mol. The van der Waals surface area contributed by atoms with Crippen molar-refractivity contribution in [2.45, 2.75) is 51.3 Å². The molecule has 1 nitrogen and oxygen atoms in total. The zero-order chi connectivity index (χ0) is 24.5. The van der Waals surface area contributed by atoms with E-state index in [1.165, 1.54) is 24.8 Å². The summed E-state index contributed by atoms with van der Waals surface area (Å²) in [7, 11) is 0. The maximum Gasteiger partial charge on any atom is 0.573 e. The van der Waals surface area contributed by atoms with Crippen LogP contribution in [0.5, 0.6) is 5.75 Å². The van der Waals surface area contributed by atoms with Crippen molar-refractivity contribution in [3.05, 3.63) is 77.6 Å². The van der Waals surface area contributed by atoms with Gasteiger partial charge in [-0.25, -0.2) is 13.2 Å². The molecule has 0 N–H and O–H groups in total. The lowest BCUT2D eigenvalue weighted by atomic mass is 9.77. The van der Waals surface area contributed by atoms with Crippen LogP contribution in [-0.4, -0.2) is 6.36 Å². The van der Waals surface area contributed by atoms with Crippen LogP contribution >= 0.6 is 0 Å². The third-order valence-electron chi connectivity index (χ3n) is 6.63. The van der Waals surface area contributed by atoms with Crippen molar-refractivity contribution in [3.63, 3.8) is 0 Å². The quantitative estimate of drug-likeness (QED) is 0.333. The largest absolute Gasteiger partial charge is 0.573 e. The van der Waals surface area contributed by atoms with E-state index in [0.717, 1.165) is 37.0 Å². The second-order valence-electron chi connectivity index (χ2n) is 8.76. The summed E-state index contributed by atoms with van der Waals surface area (Å²) in [4.78, 5) is 0. The highest BCUT2D eigenvalue weighted by atomic mass is 19.4. The lowest BCUT2D eigenvalue weighted by Crippen LogP contribution is -2.17. The van der Waals surface area contributed by atoms with Gasteiger partial charge in [0.05, 0.1) is 5.56 Å². The van der Waals surface area contributed by atoms with Crippen molar-refractivity contribution in [2.75, 3.05) is 0 Å². The molecule has 0 radical (unpaired) electrons. The van der Waals surface area contributed by atoms with E-state index in [9.17, 15) is 26.3 Å². The van der Waals surface area contributed by atoms with E-state index >= 15 is 0 Å². The first-order valence-corrected chi connectivity index (χ1v) is 11.3. The van der Waals surface area contributed by atoms with Gasteiger partial charge >= 0.3 is 6.36 Å². The number of hydrogen-bond acceptors (Lipinski definition) is 1. The molecular weight excluding hydrogens is 454 g/mol. The Morgan fingerprint density at radius 2 is 1.29 bits per heavy atom. The van der Waals surface area contributed by atoms with Crippen LogP contribution in [0.15, 0.2) is 54.6 Å². The molecule has 0 saturated heterocycles. The summed E-state index contributed by atoms with van der Waals surface area (Å²) in [6.45, 7) is 2.22. The van der Waals surface area contributed by atoms with E-state index in [2.05, 4.69) is 11.7 Å². The number of hydrogen-bond donors (Lipinski definition) is 0. The predicted octanol–water partition coefficient (Wildman–Crippen LogP) is 9.02. The minimum absolute atomic E-state index is 0.230. The average Bonchev–Trinajstić information content (AvgIpc) is 2.80. The highest BCUT2D eigenvalue weighted by molar-refractivity contribution is 5.72. The van der Waals surface area contributed by atoms with E-state index in [-0.39, 0.29) is 5.56 Å². The van der Waals surface area contributed by atoms with E-state index in [4.69, 9.17) is 0 Å². The van der Waals surface area contributed by atoms with Crippen LogP contribution in [0.4, 0.5) is 26.3 Å². The smallest absolute Gasteiger partial charge is 0.403 e. The molecule has 3 aromatic carbocycles. The Kier molecular flexibility index (Phi) is 6.91. The maximum absolute atomic E-state index is 14.9. The van der Waals surface area contributed by atoms with Gasteiger partial charge in [0.1, 0.15) is 11.6 Å². The fourth-order valence-corrected chi connectivity index (χ4v) is 4.73. The van der Waals surface area contributed by atoms with Crippen molar-refractivity contribution in [2.24, 2.45) is 5.92 Å². The first kappa shape index (κ1) is 24.2. The predicted molar refractivity (Wildman–Crippen MR) is 119 cm³/mol. The molecule has 3 aromatic rings. The van der Waals surface area contributed by atoms with Crippen molar-refractivity contribution >= 4 is 0 Å². The summed E-state index contributed by atoms with van der Waals surface area (Å²) >= 11 is 0. The van der Waals surface area contributed by atoms with Gasteiger partial charge < -0.3 is 4.74 Å². The summed E-state index contributed by atoms with van der Waals surface area (Å²) < 4.78 is 84.3. The third kappa shape index (κ3) is 5.40. The van der Waals surface area contributed by atoms with Gasteiger partial charge in [0.2, 0.25) is 0 Å². The first-order valence-electron chi connectivity index (χ1n) is 11.3. The van der Waals surface area contributed by atoms with Crippen LogP contribution < -0.4 is 4.74 Å². The molecule has 180 valence electrons. The highest BCUT2D eigenvalue weighted by Crippen LogP contribution is 2.38. The number of ether oxygens (including phenoxy) is 1. The number of benzene rings is 3. The number of rotatable bonds is 5. The van der Waals surface area contributed by atoms with Crippen LogP contribution in [0.2, 0.25) is 0 Å². The number of alkyl halides is 3. The molecule has 1 aliphatic rings. The summed E-state index contributed by atoms with van der Waals surface area (Å²) in [5.41, 5.74) is 1.41. The SMILES string of the molecule is CCC1CCC(c2ccc(-c3cc(F)c(-c4ccc(OC(F)(F)F)c(F)c4)c(F)c3)cc2)CC1. The van der Waals surface area contributed by atoms with Crippen LogP contribution in [0.25, 0.3) is 22.3 Å². The van der Waals surface area contributed by atoms with Crippen molar-refractivity contribution in [1.82, 2.24) is 0 Å². The molecule has 34 heavy (non-hydrogen) atoms. The lowest BCUT2D eigenvalue weighted by molar-refractivity contribution is -0.275. The molecule has 0 aliphatic heterocycles. The zero-order valence-corrected chi connectivity index (χ0v) is 18.6. The molecule has 4 rings (SSSR count). The molecule has 0 atom stereocenters. The Hall–Kier alpha value is -2.96. The fraction of sp³-hybridized carbons (Fsp3) is 0.333. The van der Waals surface area contributed by atoms with Gasteiger partial charge in [-0.2, -0.15) is 0 Å². The molecule has 0 aromatic heterocycles. The van der Waals surface area contributed by atoms with Crippen LogP contribution in [-0.2, 0) is 0 Å². The fourth-order valence-electron chi connectivity index (χ4n) is 4.73. The standard InChI is InChI=1S/C27H24F6O/c1-2-16-3-5-17(6-4-16)18-7-9-19(10-8-18)21-14-23(29)26(24(30)15-21)20-11-12-25(22(28)13-20)34-27(31,32)33/h7-17H,2-6H2,1H3. The molecule has 7 heteroatoms. The van der Waals surface area contributed by atoms with Gasteiger partial charge in [-0.3, -0.25) is 0 Å². The van der Waals surface area contributed by atoms with Gasteiger partial charge in [0.25, 0.3) is 0 Å². The van der Waals surface area contributed by atoms with Crippen molar-refractivity contribution in [3.8, 4) is 28.0 Å². The van der Waals surface area contributed by atoms with E-state index in [0.29, 0.717) is 29.2 Å². The monoisotopic (exact) mass is 478 g/mol. The lowest BCUT2D eigenvalue weighted by Gasteiger charge is -2.28. The van der Waals surface area contributed by atoms with Gasteiger partial charge in [0.15, 0.2) is 11.6 Å². The maximum atomic E-state index is 14.9. The minimum Gasteiger partial charge on any atom is -0.403 e. The third-order valence-corrected chi connectivity index (χ3v) is 6.63. The van der Waals surface area contributed by atoms with Gasteiger partial charge in [-0.1, -0.05) is 43.7 Å². The minimum atomic E-state index is -5.08. The number of halogens is 6. The molecule has 1 fully saturated rings. The summed E-state index contributed by atoms with van der Waals surface area (Å²) in [5.74, 6) is -3.05. The van der Waals surface area contributed by atoms with Crippen LogP contribution in [0, 0.1) is 23.4 Å². The Bertz CT molecular complexity index is 1120. The van der Waals surface area contributed by atoms with Crippen LogP contribution in [0.3, 0.4) is 0 Å². The molecule has 0 amide bonds. The molecule has 0 spiro atoms. The highest BCUT2D eigenvalue weighted by Gasteiger charge is 2.32. The zero-order valence-electron chi connectivity index (χ0n) is 18.6. The first-order chi connectivity index (χ1) is 16.1. The Labute approximate surface area is 194 Å². The van der Waals surface area contributed by atoms with E-state index < -0.39 is 35.1 Å². The summed E-state index contributed by atoms with van der Waals surface area (Å²) in [6.07, 6.45) is 0.829. The topological polar surface area (TPSA) is 9.23 Å². The van der Waals surface area contributed by atoms with Crippen molar-refractivity contribution in [1.29, 1.82) is 0 Å².